The van der Waals surface area contributed by atoms with Gasteiger partial charge in [0, 0.05) is 30.5 Å². The molecule has 0 saturated carbocycles. The maximum absolute atomic E-state index is 13.9. The summed E-state index contributed by atoms with van der Waals surface area (Å²) < 4.78 is 61.2. The second-order valence-corrected chi connectivity index (χ2v) is 7.12. The third-order valence-corrected chi connectivity index (χ3v) is 5.07. The molecule has 10 heteroatoms. The number of carbonyl (C=O) groups excluding carboxylic acids is 1. The summed E-state index contributed by atoms with van der Waals surface area (Å²) in [6, 6.07) is 5.50. The highest BCUT2D eigenvalue weighted by Crippen LogP contribution is 2.41. The van der Waals surface area contributed by atoms with Crippen molar-refractivity contribution in [3.8, 4) is 11.5 Å². The predicted molar refractivity (Wildman–Crippen MR) is 97.9 cm³/mol. The van der Waals surface area contributed by atoms with Gasteiger partial charge < -0.3 is 25.2 Å². The third kappa shape index (κ3) is 4.13. The Kier molecular flexibility index (Phi) is 5.19. The van der Waals surface area contributed by atoms with Gasteiger partial charge in [-0.25, -0.2) is 9.18 Å². The Labute approximate surface area is 168 Å². The number of carbonyl (C=O) groups is 1. The lowest BCUT2D eigenvalue weighted by Gasteiger charge is -2.28. The molecule has 30 heavy (non-hydrogen) atoms. The molecule has 2 aromatic carbocycles. The molecule has 0 bridgehead atoms. The molecule has 2 aliphatic rings. The zero-order chi connectivity index (χ0) is 21.5. The molecule has 1 heterocycles. The van der Waals surface area contributed by atoms with Crippen molar-refractivity contribution in [2.75, 3.05) is 11.9 Å². The molecule has 2 aromatic rings. The first-order chi connectivity index (χ1) is 14.2. The minimum atomic E-state index is -4.87. The van der Waals surface area contributed by atoms with Crippen LogP contribution in [0.25, 0.3) is 0 Å². The lowest BCUT2D eigenvalue weighted by molar-refractivity contribution is -0.275. The van der Waals surface area contributed by atoms with Crippen LogP contribution in [0.5, 0.6) is 11.5 Å². The second-order valence-electron chi connectivity index (χ2n) is 7.12. The fourth-order valence-corrected chi connectivity index (χ4v) is 3.85. The maximum Gasteiger partial charge on any atom is 0.573 e. The Morgan fingerprint density at radius 2 is 1.93 bits per heavy atom. The molecule has 6 nitrogen and oxygen atoms in total. The average molecular weight is 426 g/mol. The number of rotatable bonds is 3. The van der Waals surface area contributed by atoms with Gasteiger partial charge in [-0.2, -0.15) is 0 Å². The second kappa shape index (κ2) is 7.67. The minimum absolute atomic E-state index is 0.0721. The van der Waals surface area contributed by atoms with Gasteiger partial charge in [0.05, 0.1) is 18.8 Å². The molecule has 3 N–H and O–H groups in total. The number of benzene rings is 2. The number of amides is 2. The van der Waals surface area contributed by atoms with Crippen LogP contribution < -0.4 is 20.1 Å². The zero-order valence-electron chi connectivity index (χ0n) is 15.6. The number of ether oxygens (including phenoxy) is 2. The van der Waals surface area contributed by atoms with Crippen LogP contribution in [0.4, 0.5) is 28.0 Å². The molecule has 0 spiro atoms. The summed E-state index contributed by atoms with van der Waals surface area (Å²) in [6.45, 7) is 0.0916. The minimum Gasteiger partial charge on any atom is -0.489 e. The standard InChI is InChI=1S/C20H18F4N2O4/c21-14-4-5-15(13-9-10(27)8-12(13)14)25-19(28)26-16-6-7-29-18-11(16)2-1-3-17(18)30-20(22,23)24/h1-5,10,16,27H,6-9H2,(H2,25,26,28)/t10-,16-/m1/s1. The maximum atomic E-state index is 13.9. The van der Waals surface area contributed by atoms with Crippen LogP contribution in [0.2, 0.25) is 0 Å². The Balaban J connectivity index is 1.51. The van der Waals surface area contributed by atoms with Crippen LogP contribution in [-0.2, 0) is 12.8 Å². The van der Waals surface area contributed by atoms with Gasteiger partial charge in [-0.1, -0.05) is 12.1 Å². The highest BCUT2D eigenvalue weighted by molar-refractivity contribution is 5.91. The number of nitrogens with one attached hydrogen (secondary N) is 2. The lowest BCUT2D eigenvalue weighted by Crippen LogP contribution is -2.35. The van der Waals surface area contributed by atoms with E-state index < -0.39 is 36.1 Å². The summed E-state index contributed by atoms with van der Waals surface area (Å²) in [5.74, 6) is -0.988. The zero-order valence-corrected chi connectivity index (χ0v) is 15.6. The molecular weight excluding hydrogens is 408 g/mol. The number of alkyl halides is 3. The van der Waals surface area contributed by atoms with Crippen molar-refractivity contribution >= 4 is 11.7 Å². The fraction of sp³-hybridized carbons (Fsp3) is 0.350. The van der Waals surface area contributed by atoms with E-state index in [0.717, 1.165) is 6.07 Å². The SMILES string of the molecule is O=C(Nc1ccc(F)c2c1C[C@H](O)C2)N[C@@H]1CCOc2c(OC(F)(F)F)cccc21. The number of hydrogen-bond acceptors (Lipinski definition) is 4. The lowest BCUT2D eigenvalue weighted by atomic mass is 10.00. The van der Waals surface area contributed by atoms with Gasteiger partial charge >= 0.3 is 12.4 Å². The van der Waals surface area contributed by atoms with E-state index in [2.05, 4.69) is 15.4 Å². The normalized spacial score (nSPS) is 20.0. The van der Waals surface area contributed by atoms with Gasteiger partial charge in [0.1, 0.15) is 5.82 Å². The third-order valence-electron chi connectivity index (χ3n) is 5.07. The summed E-state index contributed by atoms with van der Waals surface area (Å²) >= 11 is 0. The van der Waals surface area contributed by atoms with Crippen molar-refractivity contribution < 1.29 is 36.9 Å². The Morgan fingerprint density at radius 3 is 2.70 bits per heavy atom. The van der Waals surface area contributed by atoms with Crippen molar-refractivity contribution in [2.45, 2.75) is 37.8 Å². The summed E-state index contributed by atoms with van der Waals surface area (Å²) in [6.07, 6.45) is -4.84. The number of hydrogen-bond donors (Lipinski definition) is 3. The number of urea groups is 1. The van der Waals surface area contributed by atoms with E-state index in [1.807, 2.05) is 0 Å². The van der Waals surface area contributed by atoms with Crippen LogP contribution in [0.1, 0.15) is 29.2 Å². The average Bonchev–Trinajstić information content (AvgIpc) is 3.06. The molecule has 1 aliphatic carbocycles. The Hall–Kier alpha value is -3.01. The molecule has 0 unspecified atom stereocenters. The van der Waals surface area contributed by atoms with Crippen molar-refractivity contribution in [2.24, 2.45) is 0 Å². The molecule has 1 aliphatic heterocycles. The van der Waals surface area contributed by atoms with Gasteiger partial charge in [0.25, 0.3) is 0 Å². The van der Waals surface area contributed by atoms with Crippen molar-refractivity contribution in [3.05, 3.63) is 52.8 Å². The predicted octanol–water partition coefficient (Wildman–Crippen LogP) is 3.83. The van der Waals surface area contributed by atoms with E-state index in [9.17, 15) is 27.5 Å². The first-order valence-electron chi connectivity index (χ1n) is 9.28. The van der Waals surface area contributed by atoms with Crippen LogP contribution in [0.15, 0.2) is 30.3 Å². The van der Waals surface area contributed by atoms with Gasteiger partial charge in [-0.3, -0.25) is 0 Å². The van der Waals surface area contributed by atoms with Crippen molar-refractivity contribution in [3.63, 3.8) is 0 Å². The molecule has 0 aromatic heterocycles. The number of aliphatic hydroxyl groups excluding tert-OH is 1. The molecule has 0 radical (unpaired) electrons. The summed E-state index contributed by atoms with van der Waals surface area (Å²) in [4.78, 5) is 12.5. The Bertz CT molecular complexity index is 980. The largest absolute Gasteiger partial charge is 0.573 e. The fourth-order valence-electron chi connectivity index (χ4n) is 3.85. The first kappa shape index (κ1) is 20.3. The number of aliphatic hydroxyl groups is 1. The molecule has 2 atom stereocenters. The molecular formula is C20H18F4N2O4. The van der Waals surface area contributed by atoms with E-state index in [0.29, 0.717) is 28.8 Å². The highest BCUT2D eigenvalue weighted by Gasteiger charge is 2.35. The highest BCUT2D eigenvalue weighted by atomic mass is 19.4. The van der Waals surface area contributed by atoms with E-state index in [1.165, 1.54) is 18.2 Å². The topological polar surface area (TPSA) is 79.8 Å². The van der Waals surface area contributed by atoms with Gasteiger partial charge in [0.15, 0.2) is 11.5 Å². The Morgan fingerprint density at radius 1 is 1.17 bits per heavy atom. The quantitative estimate of drug-likeness (QED) is 0.652. The van der Waals surface area contributed by atoms with Crippen LogP contribution >= 0.6 is 0 Å². The monoisotopic (exact) mass is 426 g/mol. The van der Waals surface area contributed by atoms with Crippen LogP contribution in [-0.4, -0.2) is 30.2 Å². The van der Waals surface area contributed by atoms with Crippen LogP contribution in [0, 0.1) is 5.82 Å². The molecule has 160 valence electrons. The van der Waals surface area contributed by atoms with E-state index in [-0.39, 0.29) is 25.2 Å². The van der Waals surface area contributed by atoms with Gasteiger partial charge in [-0.05, 0) is 29.3 Å². The summed E-state index contributed by atoms with van der Waals surface area (Å²) in [5, 5.41) is 15.2. The van der Waals surface area contributed by atoms with E-state index in [1.54, 1.807) is 6.07 Å². The number of halogens is 4. The van der Waals surface area contributed by atoms with E-state index >= 15 is 0 Å². The van der Waals surface area contributed by atoms with Crippen LogP contribution in [0.3, 0.4) is 0 Å². The van der Waals surface area contributed by atoms with E-state index in [4.69, 9.17) is 4.74 Å². The molecule has 0 fully saturated rings. The smallest absolute Gasteiger partial charge is 0.489 e. The van der Waals surface area contributed by atoms with Gasteiger partial charge in [0.2, 0.25) is 0 Å². The molecule has 4 rings (SSSR count). The molecule has 0 saturated heterocycles. The van der Waals surface area contributed by atoms with Gasteiger partial charge in [-0.15, -0.1) is 13.2 Å². The van der Waals surface area contributed by atoms with Crippen molar-refractivity contribution in [1.29, 1.82) is 0 Å². The molecule has 2 amide bonds. The number of anilines is 1. The number of para-hydroxylation sites is 1. The van der Waals surface area contributed by atoms with Crippen molar-refractivity contribution in [1.82, 2.24) is 5.32 Å². The first-order valence-corrected chi connectivity index (χ1v) is 9.28. The number of fused-ring (bicyclic) bond motifs is 2. The summed E-state index contributed by atoms with van der Waals surface area (Å²) in [5.41, 5.74) is 1.64. The summed E-state index contributed by atoms with van der Waals surface area (Å²) in [7, 11) is 0.